The van der Waals surface area contributed by atoms with Crippen molar-refractivity contribution in [3.8, 4) is 28.1 Å². The minimum absolute atomic E-state index is 0.161. The average molecular weight is 652 g/mol. The van der Waals surface area contributed by atoms with E-state index in [4.69, 9.17) is 18.6 Å². The van der Waals surface area contributed by atoms with Crippen LogP contribution in [0.3, 0.4) is 0 Å². The monoisotopic (exact) mass is 652 g/mol. The number of hydrogen-bond donors (Lipinski definition) is 1. The lowest BCUT2D eigenvalue weighted by atomic mass is 10.1. The molecule has 0 unspecified atom stereocenters. The van der Waals surface area contributed by atoms with Gasteiger partial charge in [-0.2, -0.15) is 0 Å². The lowest BCUT2D eigenvalue weighted by Gasteiger charge is -2.11. The summed E-state index contributed by atoms with van der Waals surface area (Å²) < 4.78 is 25.6. The van der Waals surface area contributed by atoms with Crippen molar-refractivity contribution in [3.63, 3.8) is 0 Å². The molecule has 0 saturated heterocycles. The topological polar surface area (TPSA) is 100 Å². The Morgan fingerprint density at radius 2 is 1.95 bits per heavy atom. The van der Waals surface area contributed by atoms with Gasteiger partial charge in [0.25, 0.3) is 11.1 Å². The zero-order chi connectivity index (χ0) is 26.9. The van der Waals surface area contributed by atoms with Gasteiger partial charge in [0.2, 0.25) is 4.96 Å². The van der Waals surface area contributed by atoms with Crippen molar-refractivity contribution >= 4 is 61.5 Å². The molecule has 196 valence electrons. The third-order valence-electron chi connectivity index (χ3n) is 5.96. The number of nitrogens with one attached hydrogen (secondary N) is 1. The molecule has 3 aromatic carbocycles. The lowest BCUT2D eigenvalue weighted by Crippen LogP contribution is -2.13. The minimum Gasteiger partial charge on any atom is -0.496 e. The molecule has 0 aliphatic rings. The highest BCUT2D eigenvalue weighted by atomic mass is 127. The smallest absolute Gasteiger partial charge is 0.294 e. The third kappa shape index (κ3) is 5.14. The molecule has 9 nitrogen and oxygen atoms in total. The highest BCUT2D eigenvalue weighted by Gasteiger charge is 2.17. The number of fused-ring (bicyclic) bond motifs is 2. The number of aromatic nitrogens is 3. The maximum absolute atomic E-state index is 12.7. The molecule has 3 aromatic heterocycles. The van der Waals surface area contributed by atoms with Crippen LogP contribution in [-0.4, -0.2) is 34.7 Å². The van der Waals surface area contributed by atoms with Crippen LogP contribution in [0.25, 0.3) is 27.4 Å². The first kappa shape index (κ1) is 25.2. The molecule has 3 heterocycles. The molecule has 0 bridgehead atoms. The summed E-state index contributed by atoms with van der Waals surface area (Å²) in [5, 5.41) is 8.61. The Bertz CT molecular complexity index is 1790. The van der Waals surface area contributed by atoms with E-state index in [1.807, 2.05) is 60.7 Å². The van der Waals surface area contributed by atoms with Crippen LogP contribution in [0.15, 0.2) is 77.3 Å². The van der Waals surface area contributed by atoms with Gasteiger partial charge in [0.1, 0.15) is 29.4 Å². The quantitative estimate of drug-likeness (QED) is 0.184. The number of carbonyl (C=O) groups excluding carboxylic acids is 1. The molecular weight excluding hydrogens is 631 g/mol. The van der Waals surface area contributed by atoms with Gasteiger partial charge in [0.05, 0.1) is 31.4 Å². The minimum atomic E-state index is -0.161. The van der Waals surface area contributed by atoms with Crippen LogP contribution >= 0.6 is 33.9 Å². The summed E-state index contributed by atoms with van der Waals surface area (Å²) in [6, 6.07) is 20.6. The molecule has 0 spiro atoms. The van der Waals surface area contributed by atoms with Crippen LogP contribution in [0.1, 0.15) is 15.9 Å². The first-order chi connectivity index (χ1) is 19.0. The number of hydrogen-bond acceptors (Lipinski definition) is 8. The first-order valence-corrected chi connectivity index (χ1v) is 13.7. The van der Waals surface area contributed by atoms with Gasteiger partial charge in [0.15, 0.2) is 5.76 Å². The molecular formula is C28H21IN4O5S. The van der Waals surface area contributed by atoms with Crippen molar-refractivity contribution < 1.29 is 23.4 Å². The summed E-state index contributed by atoms with van der Waals surface area (Å²) in [5.74, 6) is 1.63. The molecule has 0 aliphatic heterocycles. The highest BCUT2D eigenvalue weighted by Crippen LogP contribution is 2.37. The number of amides is 1. The van der Waals surface area contributed by atoms with Crippen LogP contribution in [0.2, 0.25) is 0 Å². The van der Waals surface area contributed by atoms with E-state index < -0.39 is 0 Å². The summed E-state index contributed by atoms with van der Waals surface area (Å²) >= 11 is 3.50. The maximum Gasteiger partial charge on any atom is 0.294 e. The summed E-state index contributed by atoms with van der Waals surface area (Å²) in [6.45, 7) is 0.277. The molecule has 0 radical (unpaired) electrons. The van der Waals surface area contributed by atoms with Gasteiger partial charge >= 0.3 is 0 Å². The Kier molecular flexibility index (Phi) is 6.83. The molecule has 0 saturated carbocycles. The van der Waals surface area contributed by atoms with Crippen LogP contribution in [0.4, 0.5) is 5.69 Å². The first-order valence-electron chi connectivity index (χ1n) is 11.8. The Morgan fingerprint density at radius 1 is 1.08 bits per heavy atom. The predicted octanol–water partition coefficient (Wildman–Crippen LogP) is 6.66. The maximum atomic E-state index is 12.7. The standard InChI is InChI=1S/C28H21IN4O5S/c1-35-18-11-23(20-13-25(38-24(20)12-18)22-14-33-27(31-22)39-28(32-33)36-2)37-15-16-6-5-7-17(10-16)30-26(34)19-8-3-4-9-21(19)29/h3-14H,15H2,1-2H3,(H,30,34). The molecule has 1 N–H and O–H groups in total. The molecule has 39 heavy (non-hydrogen) atoms. The zero-order valence-electron chi connectivity index (χ0n) is 20.8. The number of carbonyl (C=O) groups is 1. The zero-order valence-corrected chi connectivity index (χ0v) is 23.8. The van der Waals surface area contributed by atoms with E-state index in [-0.39, 0.29) is 12.5 Å². The SMILES string of the molecule is COc1cc(OCc2cccc(NC(=O)c3ccccc3I)c2)c2cc(-c3cn4nc(OC)sc4n3)oc2c1. The second-order valence-corrected chi connectivity index (χ2v) is 10.6. The lowest BCUT2D eigenvalue weighted by molar-refractivity contribution is 0.102. The fraction of sp³-hybridized carbons (Fsp3) is 0.107. The largest absolute Gasteiger partial charge is 0.496 e. The van der Waals surface area contributed by atoms with Gasteiger partial charge in [0, 0.05) is 21.4 Å². The van der Waals surface area contributed by atoms with Crippen molar-refractivity contribution in [2.75, 3.05) is 19.5 Å². The fourth-order valence-electron chi connectivity index (χ4n) is 4.07. The van der Waals surface area contributed by atoms with Crippen molar-refractivity contribution in [1.29, 1.82) is 0 Å². The molecule has 0 aliphatic carbocycles. The molecule has 0 fully saturated rings. The van der Waals surface area contributed by atoms with Gasteiger partial charge < -0.3 is 23.9 Å². The Hall–Kier alpha value is -4.10. The van der Waals surface area contributed by atoms with Crippen LogP contribution in [0.5, 0.6) is 16.7 Å². The van der Waals surface area contributed by atoms with Gasteiger partial charge in [-0.3, -0.25) is 4.79 Å². The highest BCUT2D eigenvalue weighted by molar-refractivity contribution is 14.1. The number of methoxy groups -OCH3 is 2. The number of furan rings is 1. The van der Waals surface area contributed by atoms with E-state index in [1.54, 1.807) is 31.0 Å². The number of anilines is 1. The molecule has 0 atom stereocenters. The number of imidazole rings is 1. The van der Waals surface area contributed by atoms with E-state index in [0.29, 0.717) is 49.9 Å². The number of benzene rings is 3. The van der Waals surface area contributed by atoms with Crippen molar-refractivity contribution in [2.45, 2.75) is 6.61 Å². The normalized spacial score (nSPS) is 11.2. The number of ether oxygens (including phenoxy) is 3. The van der Waals surface area contributed by atoms with Crippen molar-refractivity contribution in [3.05, 3.63) is 87.6 Å². The Balaban J connectivity index is 1.24. The van der Waals surface area contributed by atoms with Crippen LogP contribution in [0, 0.1) is 3.57 Å². The van der Waals surface area contributed by atoms with Gasteiger partial charge in [-0.1, -0.05) is 24.3 Å². The predicted molar refractivity (Wildman–Crippen MR) is 157 cm³/mol. The van der Waals surface area contributed by atoms with E-state index in [0.717, 1.165) is 14.5 Å². The van der Waals surface area contributed by atoms with Crippen LogP contribution in [-0.2, 0) is 6.61 Å². The molecule has 1 amide bonds. The second-order valence-electron chi connectivity index (χ2n) is 8.50. The van der Waals surface area contributed by atoms with Crippen molar-refractivity contribution in [2.24, 2.45) is 0 Å². The summed E-state index contributed by atoms with van der Waals surface area (Å²) in [6.07, 6.45) is 1.79. The Labute approximate surface area is 240 Å². The van der Waals surface area contributed by atoms with Crippen molar-refractivity contribution in [1.82, 2.24) is 14.6 Å². The molecule has 6 rings (SSSR count). The fourth-order valence-corrected chi connectivity index (χ4v) is 5.40. The number of rotatable bonds is 8. The number of nitrogens with zero attached hydrogens (tertiary/aromatic N) is 3. The van der Waals surface area contributed by atoms with Gasteiger partial charge in [-0.25, -0.2) is 9.50 Å². The third-order valence-corrected chi connectivity index (χ3v) is 7.78. The Morgan fingerprint density at radius 3 is 2.74 bits per heavy atom. The molecule has 11 heteroatoms. The summed E-state index contributed by atoms with van der Waals surface area (Å²) in [7, 11) is 3.17. The van der Waals surface area contributed by atoms with Crippen LogP contribution < -0.4 is 19.5 Å². The number of halogens is 1. The summed E-state index contributed by atoms with van der Waals surface area (Å²) in [4.78, 5) is 18.1. The van der Waals surface area contributed by atoms with E-state index in [1.165, 1.54) is 11.3 Å². The van der Waals surface area contributed by atoms with Gasteiger partial charge in [-0.05, 0) is 69.8 Å². The van der Waals surface area contributed by atoms with E-state index in [2.05, 4.69) is 38.0 Å². The van der Waals surface area contributed by atoms with E-state index in [9.17, 15) is 4.79 Å². The molecule has 6 aromatic rings. The van der Waals surface area contributed by atoms with E-state index >= 15 is 0 Å². The van der Waals surface area contributed by atoms with Gasteiger partial charge in [-0.15, -0.1) is 5.10 Å². The second kappa shape index (κ2) is 10.6. The average Bonchev–Trinajstić information content (AvgIpc) is 3.65. The summed E-state index contributed by atoms with van der Waals surface area (Å²) in [5.41, 5.74) is 3.47.